The fraction of sp³-hybridized carbons (Fsp3) is 0.562. The van der Waals surface area contributed by atoms with E-state index in [9.17, 15) is 12.8 Å². The number of sulfone groups is 1. The average molecular weight is 376 g/mol. The highest BCUT2D eigenvalue weighted by Gasteiger charge is 2.11. The zero-order chi connectivity index (χ0) is 18.2. The molecule has 8 heteroatoms. The lowest BCUT2D eigenvalue weighted by atomic mass is 10.1. The number of nitrogens with one attached hydrogen (secondary N) is 2. The summed E-state index contributed by atoms with van der Waals surface area (Å²) in [6.45, 7) is 5.75. The summed E-state index contributed by atoms with van der Waals surface area (Å²) in [5.74, 6) is 0.116. The normalized spacial score (nSPS) is 13.6. The van der Waals surface area contributed by atoms with Crippen molar-refractivity contribution in [3.05, 3.63) is 35.1 Å². The number of rotatable bonds is 8. The van der Waals surface area contributed by atoms with Gasteiger partial charge < -0.3 is 10.6 Å². The van der Waals surface area contributed by atoms with Crippen LogP contribution >= 0.6 is 11.8 Å². The van der Waals surface area contributed by atoms with E-state index in [1.54, 1.807) is 11.8 Å². The van der Waals surface area contributed by atoms with Gasteiger partial charge in [0.2, 0.25) is 0 Å². The number of benzene rings is 1. The lowest BCUT2D eigenvalue weighted by Gasteiger charge is -2.15. The fourth-order valence-electron chi connectivity index (χ4n) is 1.99. The molecule has 0 spiro atoms. The molecular weight excluding hydrogens is 349 g/mol. The van der Waals surface area contributed by atoms with Gasteiger partial charge in [-0.1, -0.05) is 13.0 Å². The predicted molar refractivity (Wildman–Crippen MR) is 101 cm³/mol. The number of nitrogens with zero attached hydrogens (tertiary/aromatic N) is 1. The molecule has 1 atom stereocenters. The Balaban J connectivity index is 2.93. The molecule has 0 saturated carbocycles. The second kappa shape index (κ2) is 9.88. The largest absolute Gasteiger partial charge is 0.357 e. The van der Waals surface area contributed by atoms with Gasteiger partial charge in [0.15, 0.2) is 15.8 Å². The van der Waals surface area contributed by atoms with Crippen molar-refractivity contribution < 1.29 is 12.8 Å². The van der Waals surface area contributed by atoms with Crippen molar-refractivity contribution in [2.24, 2.45) is 4.99 Å². The Hall–Kier alpha value is -1.28. The van der Waals surface area contributed by atoms with Gasteiger partial charge in [-0.3, -0.25) is 0 Å². The number of hydrogen-bond acceptors (Lipinski definition) is 4. The van der Waals surface area contributed by atoms with Crippen LogP contribution in [0.4, 0.5) is 4.39 Å². The Bertz CT molecular complexity index is 663. The zero-order valence-electron chi connectivity index (χ0n) is 14.6. The third kappa shape index (κ3) is 8.01. The molecule has 0 heterocycles. The smallest absolute Gasteiger partial charge is 0.191 e. The Kier molecular flexibility index (Phi) is 8.55. The summed E-state index contributed by atoms with van der Waals surface area (Å²) in [5.41, 5.74) is 1.16. The summed E-state index contributed by atoms with van der Waals surface area (Å²) in [4.78, 5) is 4.45. The van der Waals surface area contributed by atoms with E-state index in [0.29, 0.717) is 28.9 Å². The second-order valence-corrected chi connectivity index (χ2v) is 9.02. The SMILES string of the molecule is CCNC(=NCc1cc(F)ccc1CS(C)(=O)=O)NCC(C)SC. The Morgan fingerprint density at radius 3 is 2.62 bits per heavy atom. The maximum absolute atomic E-state index is 13.5. The van der Waals surface area contributed by atoms with Crippen molar-refractivity contribution in [2.75, 3.05) is 25.6 Å². The van der Waals surface area contributed by atoms with Crippen LogP contribution in [0, 0.1) is 5.82 Å². The van der Waals surface area contributed by atoms with Crippen molar-refractivity contribution in [1.82, 2.24) is 10.6 Å². The number of guanidine groups is 1. The maximum Gasteiger partial charge on any atom is 0.191 e. The molecule has 1 rings (SSSR count). The molecule has 1 unspecified atom stereocenters. The van der Waals surface area contributed by atoms with Crippen LogP contribution in [0.15, 0.2) is 23.2 Å². The Labute approximate surface area is 148 Å². The highest BCUT2D eigenvalue weighted by Crippen LogP contribution is 2.15. The van der Waals surface area contributed by atoms with Crippen LogP contribution in [0.1, 0.15) is 25.0 Å². The van der Waals surface area contributed by atoms with Gasteiger partial charge in [0.25, 0.3) is 0 Å². The first-order chi connectivity index (χ1) is 11.2. The van der Waals surface area contributed by atoms with Crippen LogP contribution in [0.25, 0.3) is 0 Å². The molecule has 1 aromatic carbocycles. The van der Waals surface area contributed by atoms with Crippen molar-refractivity contribution >= 4 is 27.6 Å². The topological polar surface area (TPSA) is 70.6 Å². The summed E-state index contributed by atoms with van der Waals surface area (Å²) < 4.78 is 36.6. The third-order valence-corrected chi connectivity index (χ3v) is 5.10. The molecule has 24 heavy (non-hydrogen) atoms. The van der Waals surface area contributed by atoms with E-state index in [4.69, 9.17) is 0 Å². The molecule has 1 aromatic rings. The summed E-state index contributed by atoms with van der Waals surface area (Å²) in [7, 11) is -3.19. The molecule has 136 valence electrons. The van der Waals surface area contributed by atoms with Gasteiger partial charge in [0.05, 0.1) is 12.3 Å². The summed E-state index contributed by atoms with van der Waals surface area (Å²) in [6.07, 6.45) is 3.21. The lowest BCUT2D eigenvalue weighted by Crippen LogP contribution is -2.40. The maximum atomic E-state index is 13.5. The van der Waals surface area contributed by atoms with Gasteiger partial charge in [0.1, 0.15) is 5.82 Å². The molecule has 0 aliphatic carbocycles. The van der Waals surface area contributed by atoms with Gasteiger partial charge in [-0.15, -0.1) is 0 Å². The summed E-state index contributed by atoms with van der Waals surface area (Å²) >= 11 is 1.75. The van der Waals surface area contributed by atoms with Crippen LogP contribution in [0.2, 0.25) is 0 Å². The molecule has 0 aliphatic rings. The van der Waals surface area contributed by atoms with Gasteiger partial charge in [0, 0.05) is 24.6 Å². The minimum absolute atomic E-state index is 0.119. The number of thioether (sulfide) groups is 1. The minimum atomic E-state index is -3.19. The van der Waals surface area contributed by atoms with Gasteiger partial charge in [-0.2, -0.15) is 11.8 Å². The highest BCUT2D eigenvalue weighted by atomic mass is 32.2. The van der Waals surface area contributed by atoms with E-state index in [1.807, 2.05) is 13.2 Å². The van der Waals surface area contributed by atoms with Crippen LogP contribution < -0.4 is 10.6 Å². The average Bonchev–Trinajstić information content (AvgIpc) is 2.50. The molecular formula is C16H26FN3O2S2. The first kappa shape index (κ1) is 20.8. The third-order valence-electron chi connectivity index (χ3n) is 3.30. The van der Waals surface area contributed by atoms with Gasteiger partial charge in [-0.25, -0.2) is 17.8 Å². The molecule has 0 aliphatic heterocycles. The summed E-state index contributed by atoms with van der Waals surface area (Å²) in [5, 5.41) is 6.80. The van der Waals surface area contributed by atoms with E-state index in [1.165, 1.54) is 24.5 Å². The van der Waals surface area contributed by atoms with Crippen LogP contribution in [-0.4, -0.2) is 45.2 Å². The predicted octanol–water partition coefficient (Wildman–Crippen LogP) is 2.18. The molecule has 0 saturated heterocycles. The molecule has 5 nitrogen and oxygen atoms in total. The summed E-state index contributed by atoms with van der Waals surface area (Å²) in [6, 6.07) is 4.13. The standard InChI is InChI=1S/C16H26FN3O2S2/c1-5-18-16(19-9-12(2)23-3)20-10-14-8-15(17)7-6-13(14)11-24(4,21)22/h6-8,12H,5,9-11H2,1-4H3,(H2,18,19,20). The highest BCUT2D eigenvalue weighted by molar-refractivity contribution is 7.99. The first-order valence-corrected chi connectivity index (χ1v) is 11.1. The van der Waals surface area contributed by atoms with Crippen LogP contribution in [0.5, 0.6) is 0 Å². The molecule has 0 bridgehead atoms. The lowest BCUT2D eigenvalue weighted by molar-refractivity contribution is 0.600. The fourth-order valence-corrected chi connectivity index (χ4v) is 3.09. The molecule has 0 fully saturated rings. The molecule has 2 N–H and O–H groups in total. The minimum Gasteiger partial charge on any atom is -0.357 e. The van der Waals surface area contributed by atoms with E-state index in [-0.39, 0.29) is 12.3 Å². The first-order valence-electron chi connectivity index (χ1n) is 7.75. The molecule has 0 aromatic heterocycles. The van der Waals surface area contributed by atoms with E-state index < -0.39 is 15.7 Å². The Morgan fingerprint density at radius 1 is 1.33 bits per heavy atom. The van der Waals surface area contributed by atoms with Crippen LogP contribution in [-0.2, 0) is 22.1 Å². The number of aliphatic imine (C=N–C) groups is 1. The van der Waals surface area contributed by atoms with Crippen molar-refractivity contribution in [1.29, 1.82) is 0 Å². The van der Waals surface area contributed by atoms with Gasteiger partial charge in [-0.05, 0) is 36.4 Å². The zero-order valence-corrected chi connectivity index (χ0v) is 16.2. The number of hydrogen-bond donors (Lipinski definition) is 2. The van der Waals surface area contributed by atoms with E-state index >= 15 is 0 Å². The monoisotopic (exact) mass is 375 g/mol. The van der Waals surface area contributed by atoms with Crippen molar-refractivity contribution in [2.45, 2.75) is 31.4 Å². The molecule has 0 radical (unpaired) electrons. The van der Waals surface area contributed by atoms with Crippen LogP contribution in [0.3, 0.4) is 0 Å². The second-order valence-electron chi connectivity index (χ2n) is 5.61. The quantitative estimate of drug-likeness (QED) is 0.538. The van der Waals surface area contributed by atoms with Gasteiger partial charge >= 0.3 is 0 Å². The molecule has 0 amide bonds. The van der Waals surface area contributed by atoms with E-state index in [0.717, 1.165) is 6.54 Å². The van der Waals surface area contributed by atoms with Crippen molar-refractivity contribution in [3.8, 4) is 0 Å². The van der Waals surface area contributed by atoms with Crippen molar-refractivity contribution in [3.63, 3.8) is 0 Å². The Morgan fingerprint density at radius 2 is 2.04 bits per heavy atom. The van der Waals surface area contributed by atoms with E-state index in [2.05, 4.69) is 22.5 Å². The number of halogens is 1.